The summed E-state index contributed by atoms with van der Waals surface area (Å²) in [5, 5.41) is 91.7. The van der Waals surface area contributed by atoms with Crippen LogP contribution in [0.1, 0.15) is 90.0 Å². The van der Waals surface area contributed by atoms with Crippen LogP contribution in [0.2, 0.25) is 0 Å². The third kappa shape index (κ3) is 70.1. The van der Waals surface area contributed by atoms with Gasteiger partial charge in [0.05, 0.1) is 0 Å². The molecule has 35 nitrogen and oxygen atoms in total. The summed E-state index contributed by atoms with van der Waals surface area (Å²) in [6.07, 6.45) is 3.64. The fourth-order valence-corrected chi connectivity index (χ4v) is 4.41. The van der Waals surface area contributed by atoms with Crippen LogP contribution in [-0.2, 0) is 64.0 Å². The van der Waals surface area contributed by atoms with Gasteiger partial charge < -0.3 is 119 Å². The molecular formula is C45H85N13O22S. The molecule has 468 valence electrons. The van der Waals surface area contributed by atoms with Crippen LogP contribution in [0.15, 0.2) is 30.3 Å². The first kappa shape index (κ1) is 87.0. The Morgan fingerprint density at radius 2 is 0.753 bits per heavy atom. The van der Waals surface area contributed by atoms with Crippen LogP contribution in [0, 0.1) is 11.3 Å². The molecular weight excluding hydrogens is 1110 g/mol. The highest BCUT2D eigenvalue weighted by Gasteiger charge is 2.17. The van der Waals surface area contributed by atoms with Crippen LogP contribution in [-0.4, -0.2) is 195 Å². The molecule has 0 bridgehead atoms. The minimum Gasteiger partial charge on any atom is -0.481 e. The largest absolute Gasteiger partial charge is 0.481 e. The van der Waals surface area contributed by atoms with E-state index in [1.54, 1.807) is 25.6 Å². The average molecular weight is 1190 g/mol. The standard InChI is InChI=1S/C9H11NO2.C6H14N4O2.2C5H10N2O3.2C5H9NO4.C5H11NO2S.C5H11NO2/c10-8(9(11)12)6-7-4-2-1-3-5-7;7-4(5(11)12)2-1-3-10-6(8)9;4*6-3(5(9)10)1-2-4(7)8;1-9-3-2-4(6)5(7)8;1-3(2)4(6)5(7)8/h1-5,8H,6,10H2,(H,11,12);4H,1-3,7H2,(H,11,12)(H4,8,9,10);2*3H,1-2,6H2,(H2,7,8)(H,9,10);2*3H,1-2,6H2,(H,7,8)(H,9,10);4H,2-3,6H2,1H3,(H,7,8);3-4H,6H2,1-2H3,(H,7,8). The molecule has 0 aliphatic carbocycles. The van der Waals surface area contributed by atoms with Gasteiger partial charge in [-0.15, -0.1) is 0 Å². The SMILES string of the molecule is CC(C)C(N)C(=O)O.CSCCC(N)C(=O)O.N=C(N)NCCCC(N)C(=O)O.NC(=O)CCC(N)C(=O)O.NC(=O)CCC(N)C(=O)O.NC(CCC(=O)O)C(=O)O.NC(CCC(=O)O)C(=O)O.NC(Cc1ccccc1)C(=O)O. The van der Waals surface area contributed by atoms with E-state index < -0.39 is 120 Å². The van der Waals surface area contributed by atoms with Gasteiger partial charge in [0.1, 0.15) is 48.3 Å². The lowest BCUT2D eigenvalue weighted by atomic mass is 10.1. The molecule has 0 aliphatic rings. The second kappa shape index (κ2) is 54.1. The van der Waals surface area contributed by atoms with Gasteiger partial charge in [-0.3, -0.25) is 62.9 Å². The van der Waals surface area contributed by atoms with Gasteiger partial charge in [0, 0.05) is 32.2 Å². The highest BCUT2D eigenvalue weighted by atomic mass is 32.2. The number of primary amides is 2. The molecule has 0 spiro atoms. The summed E-state index contributed by atoms with van der Waals surface area (Å²) in [6, 6.07) is 2.25. The molecule has 1 aromatic carbocycles. The van der Waals surface area contributed by atoms with Crippen molar-refractivity contribution >= 4 is 89.2 Å². The van der Waals surface area contributed by atoms with E-state index in [-0.39, 0.29) is 63.2 Å². The first-order valence-electron chi connectivity index (χ1n) is 23.6. The maximum atomic E-state index is 10.4. The number of nitrogens with two attached hydrogens (primary N) is 11. The van der Waals surface area contributed by atoms with Gasteiger partial charge in [-0.1, -0.05) is 44.2 Å². The number of carboxylic acids is 10. The molecule has 0 aliphatic heterocycles. The highest BCUT2D eigenvalue weighted by Crippen LogP contribution is 2.02. The molecule has 1 rings (SSSR count). The Labute approximate surface area is 470 Å². The van der Waals surface area contributed by atoms with Crippen molar-refractivity contribution in [1.29, 1.82) is 5.41 Å². The molecule has 81 heavy (non-hydrogen) atoms. The quantitative estimate of drug-likeness (QED) is 0.0196. The first-order valence-corrected chi connectivity index (χ1v) is 25.0. The van der Waals surface area contributed by atoms with Crippen molar-refractivity contribution in [3.05, 3.63) is 35.9 Å². The van der Waals surface area contributed by atoms with Crippen molar-refractivity contribution in [2.24, 2.45) is 69.0 Å². The molecule has 34 N–H and O–H groups in total. The number of amides is 2. The number of hydrogen-bond acceptors (Lipinski definition) is 22. The van der Waals surface area contributed by atoms with Crippen molar-refractivity contribution in [2.75, 3.05) is 18.6 Å². The number of aliphatic carboxylic acids is 10. The summed E-state index contributed by atoms with van der Waals surface area (Å²) < 4.78 is 0. The number of thioether (sulfide) groups is 1. The molecule has 8 unspecified atom stereocenters. The van der Waals surface area contributed by atoms with Gasteiger partial charge in [-0.25, -0.2) is 0 Å². The lowest BCUT2D eigenvalue weighted by molar-refractivity contribution is -0.141. The number of carboxylic acid groups (broad SMARTS) is 10. The lowest BCUT2D eigenvalue weighted by Gasteiger charge is -2.07. The zero-order chi connectivity index (χ0) is 65.1. The van der Waals surface area contributed by atoms with Gasteiger partial charge in [0.2, 0.25) is 11.8 Å². The second-order valence-corrected chi connectivity index (χ2v) is 17.5. The minimum absolute atomic E-state index is 0.0208. The van der Waals surface area contributed by atoms with E-state index in [1.165, 1.54) is 0 Å². The molecule has 0 saturated heterocycles. The molecule has 0 saturated carbocycles. The Kier molecular flexibility index (Phi) is 58.2. The molecule has 0 radical (unpaired) electrons. The number of benzene rings is 1. The van der Waals surface area contributed by atoms with Crippen LogP contribution in [0.3, 0.4) is 0 Å². The number of carbonyl (C=O) groups is 12. The van der Waals surface area contributed by atoms with Gasteiger partial charge in [-0.2, -0.15) is 11.8 Å². The fraction of sp³-hybridized carbons (Fsp3) is 0.578. The maximum Gasteiger partial charge on any atom is 0.320 e. The van der Waals surface area contributed by atoms with E-state index in [2.05, 4.69) is 5.32 Å². The zero-order valence-corrected chi connectivity index (χ0v) is 45.9. The van der Waals surface area contributed by atoms with Gasteiger partial charge in [0.25, 0.3) is 0 Å². The van der Waals surface area contributed by atoms with Crippen LogP contribution < -0.4 is 68.4 Å². The summed E-state index contributed by atoms with van der Waals surface area (Å²) in [5.74, 6) is -10.8. The van der Waals surface area contributed by atoms with Gasteiger partial charge >= 0.3 is 59.7 Å². The Bertz CT molecular complexity index is 1890. The van der Waals surface area contributed by atoms with Crippen molar-refractivity contribution in [1.82, 2.24) is 5.32 Å². The number of hydrogen-bond donors (Lipinski definition) is 23. The molecule has 36 heteroatoms. The topological polar surface area (TPSA) is 729 Å². The summed E-state index contributed by atoms with van der Waals surface area (Å²) >= 11 is 1.60. The van der Waals surface area contributed by atoms with E-state index in [0.29, 0.717) is 32.2 Å². The van der Waals surface area contributed by atoms with Crippen LogP contribution in [0.4, 0.5) is 0 Å². The predicted molar refractivity (Wildman–Crippen MR) is 293 cm³/mol. The number of guanidine groups is 1. The Morgan fingerprint density at radius 3 is 0.988 bits per heavy atom. The monoisotopic (exact) mass is 1190 g/mol. The normalized spacial score (nSPS) is 12.6. The van der Waals surface area contributed by atoms with E-state index in [0.717, 1.165) is 11.3 Å². The summed E-state index contributed by atoms with van der Waals surface area (Å²) in [5.41, 5.74) is 56.5. The van der Waals surface area contributed by atoms with Gasteiger partial charge in [-0.05, 0) is 74.9 Å². The molecule has 1 aromatic rings. The Hall–Kier alpha value is -7.84. The molecule has 0 fully saturated rings. The molecule has 0 heterocycles. The maximum absolute atomic E-state index is 10.4. The van der Waals surface area contributed by atoms with E-state index in [9.17, 15) is 57.5 Å². The highest BCUT2D eigenvalue weighted by molar-refractivity contribution is 7.98. The van der Waals surface area contributed by atoms with Crippen LogP contribution in [0.5, 0.6) is 0 Å². The number of rotatable bonds is 30. The van der Waals surface area contributed by atoms with E-state index in [1.807, 2.05) is 36.6 Å². The number of carbonyl (C=O) groups excluding carboxylic acids is 2. The predicted octanol–water partition coefficient (Wildman–Crippen LogP) is -4.64. The minimum atomic E-state index is -1.17. The molecule has 8 atom stereocenters. The summed E-state index contributed by atoms with van der Waals surface area (Å²) in [4.78, 5) is 121. The van der Waals surface area contributed by atoms with E-state index >= 15 is 0 Å². The molecule has 0 aromatic heterocycles. The van der Waals surface area contributed by atoms with Crippen molar-refractivity contribution in [3.63, 3.8) is 0 Å². The van der Waals surface area contributed by atoms with Crippen molar-refractivity contribution in [3.8, 4) is 0 Å². The number of nitrogens with one attached hydrogen (secondary N) is 2. The fourth-order valence-electron chi connectivity index (χ4n) is 3.92. The third-order valence-corrected chi connectivity index (χ3v) is 9.55. The Balaban J connectivity index is -0.000000155. The van der Waals surface area contributed by atoms with Crippen molar-refractivity contribution in [2.45, 2.75) is 139 Å². The van der Waals surface area contributed by atoms with E-state index in [4.69, 9.17) is 120 Å². The Morgan fingerprint density at radius 1 is 0.457 bits per heavy atom. The second-order valence-electron chi connectivity index (χ2n) is 16.5. The zero-order valence-electron chi connectivity index (χ0n) is 45.1. The van der Waals surface area contributed by atoms with Gasteiger partial charge in [0.15, 0.2) is 5.96 Å². The summed E-state index contributed by atoms with van der Waals surface area (Å²) in [6.45, 7) is 4.04. The third-order valence-electron chi connectivity index (χ3n) is 8.90. The average Bonchev–Trinajstić information content (AvgIpc) is 3.36. The van der Waals surface area contributed by atoms with Crippen LogP contribution in [0.25, 0.3) is 0 Å². The van der Waals surface area contributed by atoms with Crippen LogP contribution >= 0.6 is 11.8 Å². The first-order chi connectivity index (χ1) is 37.1. The lowest BCUT2D eigenvalue weighted by Crippen LogP contribution is -2.34. The summed E-state index contributed by atoms with van der Waals surface area (Å²) in [7, 11) is 0. The molecule has 2 amide bonds. The smallest absolute Gasteiger partial charge is 0.320 e. The van der Waals surface area contributed by atoms with Crippen molar-refractivity contribution < 1.29 is 109 Å².